The Balaban J connectivity index is 3.00. The highest BCUT2D eigenvalue weighted by atomic mass is 16.6. The van der Waals surface area contributed by atoms with E-state index in [1.54, 1.807) is 4.90 Å². The van der Waals surface area contributed by atoms with Gasteiger partial charge in [-0.3, -0.25) is 9.69 Å². The molecule has 0 radical (unpaired) electrons. The van der Waals surface area contributed by atoms with Crippen LogP contribution >= 0.6 is 0 Å². The van der Waals surface area contributed by atoms with E-state index in [1.807, 2.05) is 32.9 Å². The molecule has 0 bridgehead atoms. The second-order valence-corrected chi connectivity index (χ2v) is 6.92. The van der Waals surface area contributed by atoms with Crippen LogP contribution in [0.5, 0.6) is 0 Å². The van der Waals surface area contributed by atoms with Crippen LogP contribution in [-0.4, -0.2) is 35.0 Å². The Labute approximate surface area is 127 Å². The lowest BCUT2D eigenvalue weighted by Gasteiger charge is -2.29. The SMILES string of the molecule is C=CCC1(CC=C)C[C@@H](C(C)=O)N(C(=O)OC(C)(C)C)C1. The highest BCUT2D eigenvalue weighted by Crippen LogP contribution is 2.42. The fourth-order valence-electron chi connectivity index (χ4n) is 2.92. The lowest BCUT2D eigenvalue weighted by molar-refractivity contribution is -0.121. The first-order chi connectivity index (χ1) is 9.64. The van der Waals surface area contributed by atoms with E-state index in [4.69, 9.17) is 4.74 Å². The molecule has 0 aliphatic carbocycles. The number of rotatable bonds is 5. The first-order valence-electron chi connectivity index (χ1n) is 7.36. The highest BCUT2D eigenvalue weighted by Gasteiger charge is 2.47. The van der Waals surface area contributed by atoms with E-state index >= 15 is 0 Å². The number of carbonyl (C=O) groups excluding carboxylic acids is 2. The molecular weight excluding hydrogens is 266 g/mol. The zero-order valence-electron chi connectivity index (χ0n) is 13.6. The molecule has 0 aromatic carbocycles. The van der Waals surface area contributed by atoms with Gasteiger partial charge in [0.05, 0.1) is 6.04 Å². The van der Waals surface area contributed by atoms with E-state index < -0.39 is 17.7 Å². The van der Waals surface area contributed by atoms with Crippen molar-refractivity contribution in [3.05, 3.63) is 25.3 Å². The van der Waals surface area contributed by atoms with Gasteiger partial charge in [-0.15, -0.1) is 13.2 Å². The average molecular weight is 293 g/mol. The molecule has 1 atom stereocenters. The molecule has 4 heteroatoms. The Morgan fingerprint density at radius 1 is 1.29 bits per heavy atom. The molecule has 1 saturated heterocycles. The maximum absolute atomic E-state index is 12.4. The summed E-state index contributed by atoms with van der Waals surface area (Å²) in [5.41, 5.74) is -0.725. The maximum Gasteiger partial charge on any atom is 0.410 e. The van der Waals surface area contributed by atoms with Crippen LogP contribution in [0.4, 0.5) is 4.79 Å². The van der Waals surface area contributed by atoms with Gasteiger partial charge < -0.3 is 4.74 Å². The van der Waals surface area contributed by atoms with Crippen molar-refractivity contribution >= 4 is 11.9 Å². The Hall–Kier alpha value is -1.58. The molecule has 4 nitrogen and oxygen atoms in total. The fraction of sp³-hybridized carbons (Fsp3) is 0.647. The minimum atomic E-state index is -0.569. The third-order valence-corrected chi connectivity index (χ3v) is 3.76. The Morgan fingerprint density at radius 3 is 2.19 bits per heavy atom. The summed E-state index contributed by atoms with van der Waals surface area (Å²) in [4.78, 5) is 25.9. The summed E-state index contributed by atoms with van der Waals surface area (Å²) < 4.78 is 5.43. The van der Waals surface area contributed by atoms with Crippen molar-refractivity contribution in [2.45, 2.75) is 58.6 Å². The summed E-state index contributed by atoms with van der Waals surface area (Å²) in [6, 6.07) is -0.417. The molecule has 0 aromatic heterocycles. The third-order valence-electron chi connectivity index (χ3n) is 3.76. The molecular formula is C17H27NO3. The second-order valence-electron chi connectivity index (χ2n) is 6.92. The number of hydrogen-bond acceptors (Lipinski definition) is 3. The monoisotopic (exact) mass is 293 g/mol. The Bertz CT molecular complexity index is 424. The largest absolute Gasteiger partial charge is 0.444 e. The number of carbonyl (C=O) groups is 2. The van der Waals surface area contributed by atoms with Crippen molar-refractivity contribution in [2.75, 3.05) is 6.54 Å². The van der Waals surface area contributed by atoms with Gasteiger partial charge in [-0.2, -0.15) is 0 Å². The fourth-order valence-corrected chi connectivity index (χ4v) is 2.92. The number of allylic oxidation sites excluding steroid dienone is 2. The van der Waals surface area contributed by atoms with Crippen molar-refractivity contribution in [3.8, 4) is 0 Å². The lowest BCUT2D eigenvalue weighted by atomic mass is 9.79. The molecule has 1 aliphatic heterocycles. The molecule has 0 N–H and O–H groups in total. The minimum Gasteiger partial charge on any atom is -0.444 e. The average Bonchev–Trinajstić information content (AvgIpc) is 2.68. The smallest absolute Gasteiger partial charge is 0.410 e. The van der Waals surface area contributed by atoms with Crippen LogP contribution in [0.1, 0.15) is 47.0 Å². The van der Waals surface area contributed by atoms with Crippen LogP contribution < -0.4 is 0 Å². The molecule has 0 aromatic rings. The van der Waals surface area contributed by atoms with E-state index in [9.17, 15) is 9.59 Å². The van der Waals surface area contributed by atoms with Crippen LogP contribution in [-0.2, 0) is 9.53 Å². The quantitative estimate of drug-likeness (QED) is 0.726. The number of hydrogen-bond donors (Lipinski definition) is 0. The highest BCUT2D eigenvalue weighted by molar-refractivity contribution is 5.86. The molecule has 1 aliphatic rings. The van der Waals surface area contributed by atoms with Crippen LogP contribution in [0.3, 0.4) is 0 Å². The topological polar surface area (TPSA) is 46.6 Å². The van der Waals surface area contributed by atoms with Gasteiger partial charge in [-0.25, -0.2) is 4.79 Å². The molecule has 1 amide bonds. The molecule has 1 rings (SSSR count). The number of ketones is 1. The third kappa shape index (κ3) is 4.45. The summed E-state index contributed by atoms with van der Waals surface area (Å²) in [5.74, 6) is -0.00383. The first-order valence-corrected chi connectivity index (χ1v) is 7.36. The molecule has 21 heavy (non-hydrogen) atoms. The van der Waals surface area contributed by atoms with Gasteiger partial charge in [-0.05, 0) is 52.4 Å². The van der Waals surface area contributed by atoms with Crippen molar-refractivity contribution in [1.82, 2.24) is 4.90 Å². The van der Waals surface area contributed by atoms with Gasteiger partial charge in [0.15, 0.2) is 5.78 Å². The summed E-state index contributed by atoms with van der Waals surface area (Å²) in [5, 5.41) is 0. The van der Waals surface area contributed by atoms with Crippen LogP contribution in [0.2, 0.25) is 0 Å². The van der Waals surface area contributed by atoms with E-state index in [2.05, 4.69) is 13.2 Å². The van der Waals surface area contributed by atoms with Gasteiger partial charge in [0.25, 0.3) is 0 Å². The predicted molar refractivity (Wildman–Crippen MR) is 84.1 cm³/mol. The van der Waals surface area contributed by atoms with Gasteiger partial charge in [0.2, 0.25) is 0 Å². The van der Waals surface area contributed by atoms with Gasteiger partial charge >= 0.3 is 6.09 Å². The molecule has 1 fully saturated rings. The zero-order valence-corrected chi connectivity index (χ0v) is 13.6. The zero-order chi connectivity index (χ0) is 16.3. The summed E-state index contributed by atoms with van der Waals surface area (Å²) >= 11 is 0. The van der Waals surface area contributed by atoms with E-state index in [0.717, 1.165) is 12.8 Å². The molecule has 118 valence electrons. The van der Waals surface area contributed by atoms with E-state index in [1.165, 1.54) is 6.92 Å². The molecule has 0 saturated carbocycles. The van der Waals surface area contributed by atoms with Crippen LogP contribution in [0.15, 0.2) is 25.3 Å². The number of Topliss-reactive ketones (excluding diaryl/α,β-unsaturated/α-hetero) is 1. The van der Waals surface area contributed by atoms with Crippen molar-refractivity contribution in [3.63, 3.8) is 0 Å². The molecule has 1 heterocycles. The van der Waals surface area contributed by atoms with E-state index in [-0.39, 0.29) is 11.2 Å². The summed E-state index contributed by atoms with van der Waals surface area (Å²) in [6.07, 6.45) is 5.42. The summed E-state index contributed by atoms with van der Waals surface area (Å²) in [7, 11) is 0. The van der Waals surface area contributed by atoms with E-state index in [0.29, 0.717) is 13.0 Å². The second kappa shape index (κ2) is 6.46. The number of amides is 1. The van der Waals surface area contributed by atoms with Crippen molar-refractivity contribution in [2.24, 2.45) is 5.41 Å². The van der Waals surface area contributed by atoms with Crippen LogP contribution in [0.25, 0.3) is 0 Å². The number of nitrogens with zero attached hydrogens (tertiary/aromatic N) is 1. The molecule has 0 unspecified atom stereocenters. The van der Waals surface area contributed by atoms with Gasteiger partial charge in [0.1, 0.15) is 5.60 Å². The van der Waals surface area contributed by atoms with Crippen molar-refractivity contribution < 1.29 is 14.3 Å². The molecule has 0 spiro atoms. The van der Waals surface area contributed by atoms with Gasteiger partial charge in [0, 0.05) is 6.54 Å². The number of ether oxygens (including phenoxy) is 1. The Morgan fingerprint density at radius 2 is 1.81 bits per heavy atom. The Kier molecular flexibility index (Phi) is 5.37. The summed E-state index contributed by atoms with van der Waals surface area (Å²) in [6.45, 7) is 15.1. The maximum atomic E-state index is 12.4. The normalized spacial score (nSPS) is 21.0. The minimum absolute atomic E-state index is 0.00383. The number of likely N-dealkylation sites (tertiary alicyclic amines) is 1. The predicted octanol–water partition coefficient (Wildman–Crippen LogP) is 3.72. The first kappa shape index (κ1) is 17.5. The standard InChI is InChI=1S/C17H27NO3/c1-7-9-17(10-8-2)11-14(13(3)19)18(12-17)15(20)21-16(4,5)6/h7-8,14H,1-2,9-12H2,3-6H3/t14-/m0/s1. The lowest BCUT2D eigenvalue weighted by Crippen LogP contribution is -2.43. The van der Waals surface area contributed by atoms with Gasteiger partial charge in [-0.1, -0.05) is 12.2 Å². The van der Waals surface area contributed by atoms with Crippen LogP contribution in [0, 0.1) is 5.41 Å². The van der Waals surface area contributed by atoms with Crippen molar-refractivity contribution in [1.29, 1.82) is 0 Å².